The predicted octanol–water partition coefficient (Wildman–Crippen LogP) is 3.05. The number of hydrogen-bond donors (Lipinski definition) is 2. The summed E-state index contributed by atoms with van der Waals surface area (Å²) < 4.78 is 0. The van der Waals surface area contributed by atoms with E-state index in [1.807, 2.05) is 0 Å². The number of rotatable bonds is 2. The smallest absolute Gasteiger partial charge is 0.255 e. The summed E-state index contributed by atoms with van der Waals surface area (Å²) in [5, 5.41) is 12.9. The highest BCUT2D eigenvalue weighted by Gasteiger charge is 2.28. The highest BCUT2D eigenvalue weighted by Crippen LogP contribution is 2.40. The molecule has 0 fully saturated rings. The fraction of sp³-hybridized carbons (Fsp3) is 0.0833. The molecule has 1 aliphatic rings. The number of nitrogens with one attached hydrogen (secondary N) is 1. The molecule has 0 bridgehead atoms. The van der Waals surface area contributed by atoms with E-state index in [1.165, 1.54) is 11.2 Å². The van der Waals surface area contributed by atoms with Gasteiger partial charge in [-0.1, -0.05) is 34.8 Å². The first-order valence-electron chi connectivity index (χ1n) is 5.81. The van der Waals surface area contributed by atoms with Gasteiger partial charge >= 0.3 is 0 Å². The molecule has 1 aromatic carbocycles. The summed E-state index contributed by atoms with van der Waals surface area (Å²) in [5.41, 5.74) is 6.96. The van der Waals surface area contributed by atoms with Crippen LogP contribution >= 0.6 is 34.8 Å². The Morgan fingerprint density at radius 3 is 2.48 bits per heavy atom. The van der Waals surface area contributed by atoms with Gasteiger partial charge in [0.05, 0.1) is 28.4 Å². The van der Waals surface area contributed by atoms with Crippen LogP contribution in [0.1, 0.15) is 6.42 Å². The third-order valence-corrected chi connectivity index (χ3v) is 3.72. The molecule has 6 nitrogen and oxygen atoms in total. The van der Waals surface area contributed by atoms with Gasteiger partial charge in [0.25, 0.3) is 5.91 Å². The number of carbonyl (C=O) groups excluding carboxylic acids is 1. The van der Waals surface area contributed by atoms with Crippen LogP contribution in [0.3, 0.4) is 0 Å². The number of nitrogens with two attached hydrogens (primary N) is 1. The summed E-state index contributed by atoms with van der Waals surface area (Å²) >= 11 is 18.3. The number of aromatic nitrogens is 2. The average Bonchev–Trinajstić information content (AvgIpc) is 2.94. The number of nitrogens with zero attached hydrogens (tertiary/aromatic N) is 3. The van der Waals surface area contributed by atoms with Crippen LogP contribution in [0.25, 0.3) is 11.3 Å². The van der Waals surface area contributed by atoms with E-state index >= 15 is 0 Å². The fourth-order valence-corrected chi connectivity index (χ4v) is 3.05. The van der Waals surface area contributed by atoms with Crippen molar-refractivity contribution in [2.45, 2.75) is 6.42 Å². The Kier molecular flexibility index (Phi) is 3.52. The maximum absolute atomic E-state index is 11.9. The number of benzene rings is 1. The molecule has 0 saturated carbocycles. The molecule has 3 rings (SSSR count). The molecular weight excluding hydrogens is 337 g/mol. The monoisotopic (exact) mass is 343 g/mol. The van der Waals surface area contributed by atoms with Crippen LogP contribution in [0, 0.1) is 0 Å². The molecule has 2 aromatic rings. The van der Waals surface area contributed by atoms with Gasteiger partial charge in [-0.25, -0.2) is 0 Å². The van der Waals surface area contributed by atoms with Gasteiger partial charge in [0.15, 0.2) is 0 Å². The quantitative estimate of drug-likeness (QED) is 0.877. The van der Waals surface area contributed by atoms with Crippen molar-refractivity contribution < 1.29 is 4.79 Å². The van der Waals surface area contributed by atoms with Gasteiger partial charge in [-0.05, 0) is 12.1 Å². The van der Waals surface area contributed by atoms with Crippen LogP contribution in [0.4, 0.5) is 5.69 Å². The Bertz CT molecular complexity index is 747. The fourth-order valence-electron chi connectivity index (χ4n) is 2.04. The van der Waals surface area contributed by atoms with E-state index in [-0.39, 0.29) is 18.2 Å². The molecule has 1 amide bonds. The Labute approximate surface area is 134 Å². The molecule has 0 saturated heterocycles. The molecule has 3 N–H and O–H groups in total. The second kappa shape index (κ2) is 5.22. The van der Waals surface area contributed by atoms with E-state index in [2.05, 4.69) is 15.3 Å². The third-order valence-electron chi connectivity index (χ3n) is 2.90. The van der Waals surface area contributed by atoms with E-state index in [9.17, 15) is 4.79 Å². The van der Waals surface area contributed by atoms with Crippen molar-refractivity contribution in [1.29, 1.82) is 0 Å². The van der Waals surface area contributed by atoms with Crippen LogP contribution in [0.15, 0.2) is 23.4 Å². The second-order valence-corrected chi connectivity index (χ2v) is 5.60. The third kappa shape index (κ3) is 2.46. The normalized spacial score (nSPS) is 14.7. The van der Waals surface area contributed by atoms with Crippen LogP contribution < -0.4 is 10.7 Å². The molecule has 21 heavy (non-hydrogen) atoms. The minimum atomic E-state index is -0.253. The summed E-state index contributed by atoms with van der Waals surface area (Å²) in [5.74, 6) is -0.0168. The van der Waals surface area contributed by atoms with E-state index in [0.29, 0.717) is 32.0 Å². The topological polar surface area (TPSA) is 87.4 Å². The molecular formula is C12H8Cl3N5O. The zero-order chi connectivity index (χ0) is 15.1. The minimum Gasteiger partial charge on any atom is -0.385 e. The number of amides is 1. The number of amidine groups is 1. The number of anilines is 1. The minimum absolute atomic E-state index is 0.0622. The zero-order valence-corrected chi connectivity index (χ0v) is 12.7. The largest absolute Gasteiger partial charge is 0.385 e. The van der Waals surface area contributed by atoms with Gasteiger partial charge in [-0.3, -0.25) is 9.89 Å². The Morgan fingerprint density at radius 1 is 1.24 bits per heavy atom. The number of halogens is 3. The maximum atomic E-state index is 11.9. The van der Waals surface area contributed by atoms with Gasteiger partial charge in [-0.2, -0.15) is 15.2 Å². The number of hydrogen-bond acceptors (Lipinski definition) is 4. The van der Waals surface area contributed by atoms with E-state index in [1.54, 1.807) is 12.1 Å². The molecule has 0 spiro atoms. The summed E-state index contributed by atoms with van der Waals surface area (Å²) in [7, 11) is 0. The van der Waals surface area contributed by atoms with Crippen LogP contribution in [0.2, 0.25) is 15.1 Å². The van der Waals surface area contributed by atoms with E-state index < -0.39 is 0 Å². The predicted molar refractivity (Wildman–Crippen MR) is 82.8 cm³/mol. The lowest BCUT2D eigenvalue weighted by Crippen LogP contribution is -2.19. The zero-order valence-electron chi connectivity index (χ0n) is 10.4. The molecule has 0 aliphatic carbocycles. The molecule has 0 atom stereocenters. The first kappa shape index (κ1) is 14.2. The second-order valence-electron chi connectivity index (χ2n) is 4.35. The van der Waals surface area contributed by atoms with Gasteiger partial charge in [0, 0.05) is 10.6 Å². The van der Waals surface area contributed by atoms with Crippen molar-refractivity contribution in [2.75, 3.05) is 5.01 Å². The van der Waals surface area contributed by atoms with E-state index in [0.717, 1.165) is 0 Å². The Hall–Kier alpha value is -1.76. The van der Waals surface area contributed by atoms with Crippen LogP contribution in [-0.4, -0.2) is 21.9 Å². The molecule has 108 valence electrons. The van der Waals surface area contributed by atoms with Crippen molar-refractivity contribution in [1.82, 2.24) is 10.2 Å². The highest BCUT2D eigenvalue weighted by atomic mass is 35.5. The van der Waals surface area contributed by atoms with Crippen LogP contribution in [0.5, 0.6) is 0 Å². The first-order chi connectivity index (χ1) is 9.97. The number of aromatic amines is 1. The summed E-state index contributed by atoms with van der Waals surface area (Å²) in [4.78, 5) is 11.9. The molecule has 1 aromatic heterocycles. The molecule has 1 aliphatic heterocycles. The lowest BCUT2D eigenvalue weighted by atomic mass is 10.1. The standard InChI is InChI=1S/C12H8Cl3N5O/c13-5-1-6(14)11(7(15)2-5)12-8(4-17-18-12)20-10(21)3-9(16)19-20/h1-2,4H,3H2,(H2,16,19)(H,17,18). The molecule has 2 heterocycles. The van der Waals surface area contributed by atoms with Gasteiger partial charge < -0.3 is 5.73 Å². The first-order valence-corrected chi connectivity index (χ1v) is 6.95. The van der Waals surface area contributed by atoms with Gasteiger partial charge in [0.1, 0.15) is 11.5 Å². The molecule has 0 radical (unpaired) electrons. The number of H-pyrrole nitrogens is 1. The lowest BCUT2D eigenvalue weighted by Gasteiger charge is -2.13. The van der Waals surface area contributed by atoms with Gasteiger partial charge in [0.2, 0.25) is 0 Å². The van der Waals surface area contributed by atoms with Crippen molar-refractivity contribution in [3.8, 4) is 11.3 Å². The lowest BCUT2D eigenvalue weighted by molar-refractivity contribution is -0.116. The highest BCUT2D eigenvalue weighted by molar-refractivity contribution is 6.42. The maximum Gasteiger partial charge on any atom is 0.255 e. The van der Waals surface area contributed by atoms with Crippen molar-refractivity contribution in [2.24, 2.45) is 10.8 Å². The Balaban J connectivity index is 2.15. The molecule has 0 unspecified atom stereocenters. The molecule has 9 heteroatoms. The average molecular weight is 345 g/mol. The van der Waals surface area contributed by atoms with Crippen molar-refractivity contribution in [3.05, 3.63) is 33.4 Å². The van der Waals surface area contributed by atoms with Gasteiger partial charge in [-0.15, -0.1) is 0 Å². The summed E-state index contributed by atoms with van der Waals surface area (Å²) in [6.45, 7) is 0. The summed E-state index contributed by atoms with van der Waals surface area (Å²) in [6, 6.07) is 3.11. The van der Waals surface area contributed by atoms with Crippen LogP contribution in [-0.2, 0) is 4.79 Å². The van der Waals surface area contributed by atoms with Crippen molar-refractivity contribution in [3.63, 3.8) is 0 Å². The number of hydrazone groups is 1. The SMILES string of the molecule is NC1=NN(c2cn[nH]c2-c2c(Cl)cc(Cl)cc2Cl)C(=O)C1. The van der Waals surface area contributed by atoms with E-state index in [4.69, 9.17) is 40.5 Å². The Morgan fingerprint density at radius 2 is 1.90 bits per heavy atom. The number of carbonyl (C=O) groups is 1. The van der Waals surface area contributed by atoms with Crippen molar-refractivity contribution >= 4 is 52.2 Å². The summed E-state index contributed by atoms with van der Waals surface area (Å²) in [6.07, 6.45) is 1.52.